The number of ether oxygens (including phenoxy) is 2. The van der Waals surface area contributed by atoms with Gasteiger partial charge in [-0.05, 0) is 12.1 Å². The van der Waals surface area contributed by atoms with Gasteiger partial charge in [0.25, 0.3) is 0 Å². The average molecular weight is 195 g/mol. The quantitative estimate of drug-likeness (QED) is 0.588. The first-order valence-corrected chi connectivity index (χ1v) is 4.21. The van der Waals surface area contributed by atoms with E-state index in [1.54, 1.807) is 25.2 Å². The Morgan fingerprint density at radius 2 is 2.07 bits per heavy atom. The summed E-state index contributed by atoms with van der Waals surface area (Å²) in [5.74, 6) is 0.603. The Morgan fingerprint density at radius 1 is 1.36 bits per heavy atom. The number of hydrogen-bond acceptors (Lipinski definition) is 4. The van der Waals surface area contributed by atoms with E-state index < -0.39 is 0 Å². The van der Waals surface area contributed by atoms with Crippen molar-refractivity contribution in [2.75, 3.05) is 19.5 Å². The highest BCUT2D eigenvalue weighted by molar-refractivity contribution is 5.71. The minimum atomic E-state index is -0.361. The van der Waals surface area contributed by atoms with Gasteiger partial charge in [-0.1, -0.05) is 0 Å². The zero-order valence-corrected chi connectivity index (χ0v) is 8.46. The predicted molar refractivity (Wildman–Crippen MR) is 53.8 cm³/mol. The lowest BCUT2D eigenvalue weighted by Gasteiger charge is -2.09. The fourth-order valence-corrected chi connectivity index (χ4v) is 1.06. The SMILES string of the molecule is CNc1ccc(OC(C)=O)c(OC)c1. The fraction of sp³-hybridized carbons (Fsp3) is 0.300. The van der Waals surface area contributed by atoms with Crippen molar-refractivity contribution in [2.45, 2.75) is 6.92 Å². The van der Waals surface area contributed by atoms with Crippen LogP contribution in [0.1, 0.15) is 6.92 Å². The van der Waals surface area contributed by atoms with Crippen molar-refractivity contribution < 1.29 is 14.3 Å². The fourth-order valence-electron chi connectivity index (χ4n) is 1.06. The summed E-state index contributed by atoms with van der Waals surface area (Å²) in [5, 5.41) is 2.96. The molecule has 0 spiro atoms. The maximum absolute atomic E-state index is 10.7. The highest BCUT2D eigenvalue weighted by Crippen LogP contribution is 2.29. The van der Waals surface area contributed by atoms with Crippen LogP contribution in [0.5, 0.6) is 11.5 Å². The molecule has 14 heavy (non-hydrogen) atoms. The van der Waals surface area contributed by atoms with Gasteiger partial charge >= 0.3 is 5.97 Å². The smallest absolute Gasteiger partial charge is 0.308 e. The Bertz CT molecular complexity index is 336. The molecule has 0 saturated heterocycles. The summed E-state index contributed by atoms with van der Waals surface area (Å²) in [7, 11) is 3.34. The van der Waals surface area contributed by atoms with Gasteiger partial charge in [0.05, 0.1) is 7.11 Å². The monoisotopic (exact) mass is 195 g/mol. The number of anilines is 1. The second-order valence-corrected chi connectivity index (χ2v) is 2.71. The summed E-state index contributed by atoms with van der Waals surface area (Å²) in [6.07, 6.45) is 0. The molecule has 0 atom stereocenters. The van der Waals surface area contributed by atoms with E-state index in [1.165, 1.54) is 14.0 Å². The zero-order valence-electron chi connectivity index (χ0n) is 8.46. The van der Waals surface area contributed by atoms with Gasteiger partial charge in [-0.15, -0.1) is 0 Å². The lowest BCUT2D eigenvalue weighted by Crippen LogP contribution is -2.03. The van der Waals surface area contributed by atoms with Crippen LogP contribution in [0.25, 0.3) is 0 Å². The van der Waals surface area contributed by atoms with Crippen molar-refractivity contribution in [3.05, 3.63) is 18.2 Å². The molecule has 1 N–H and O–H groups in total. The van der Waals surface area contributed by atoms with E-state index in [-0.39, 0.29) is 5.97 Å². The number of rotatable bonds is 3. The molecule has 1 aromatic carbocycles. The predicted octanol–water partition coefficient (Wildman–Crippen LogP) is 1.66. The lowest BCUT2D eigenvalue weighted by molar-refractivity contribution is -0.132. The molecule has 0 saturated carbocycles. The van der Waals surface area contributed by atoms with Crippen molar-refractivity contribution >= 4 is 11.7 Å². The van der Waals surface area contributed by atoms with Crippen LogP contribution in [0.4, 0.5) is 5.69 Å². The van der Waals surface area contributed by atoms with Crippen LogP contribution in [0.2, 0.25) is 0 Å². The van der Waals surface area contributed by atoms with Crippen LogP contribution in [0, 0.1) is 0 Å². The molecule has 4 heteroatoms. The largest absolute Gasteiger partial charge is 0.493 e. The Hall–Kier alpha value is -1.71. The van der Waals surface area contributed by atoms with Crippen molar-refractivity contribution in [1.82, 2.24) is 0 Å². The van der Waals surface area contributed by atoms with Gasteiger partial charge < -0.3 is 14.8 Å². The minimum absolute atomic E-state index is 0.361. The molecule has 1 aromatic rings. The molecule has 0 aliphatic heterocycles. The first-order chi connectivity index (χ1) is 6.67. The summed E-state index contributed by atoms with van der Waals surface area (Å²) in [6, 6.07) is 5.26. The molecule has 0 heterocycles. The van der Waals surface area contributed by atoms with Crippen LogP contribution < -0.4 is 14.8 Å². The maximum Gasteiger partial charge on any atom is 0.308 e. The molecule has 0 unspecified atom stereocenters. The normalized spacial score (nSPS) is 9.36. The van der Waals surface area contributed by atoms with Crippen LogP contribution in [0.3, 0.4) is 0 Å². The summed E-state index contributed by atoms with van der Waals surface area (Å²) >= 11 is 0. The van der Waals surface area contributed by atoms with Crippen molar-refractivity contribution in [1.29, 1.82) is 0 Å². The molecular formula is C10H13NO3. The molecule has 0 fully saturated rings. The van der Waals surface area contributed by atoms with Gasteiger partial charge in [0.15, 0.2) is 11.5 Å². The molecule has 4 nitrogen and oxygen atoms in total. The first kappa shape index (κ1) is 10.4. The molecule has 0 aliphatic carbocycles. The summed E-state index contributed by atoms with van der Waals surface area (Å²) in [6.45, 7) is 1.35. The van der Waals surface area contributed by atoms with Gasteiger partial charge in [0.1, 0.15) is 0 Å². The molecule has 0 aromatic heterocycles. The second-order valence-electron chi connectivity index (χ2n) is 2.71. The average Bonchev–Trinajstić information content (AvgIpc) is 2.17. The third-order valence-corrected chi connectivity index (χ3v) is 1.71. The van der Waals surface area contributed by atoms with E-state index in [1.807, 2.05) is 0 Å². The third-order valence-electron chi connectivity index (χ3n) is 1.71. The van der Waals surface area contributed by atoms with Crippen LogP contribution in [0.15, 0.2) is 18.2 Å². The Morgan fingerprint density at radius 3 is 2.57 bits per heavy atom. The number of carbonyl (C=O) groups excluding carboxylic acids is 1. The molecule has 1 rings (SSSR count). The number of nitrogens with one attached hydrogen (secondary N) is 1. The van der Waals surface area contributed by atoms with E-state index >= 15 is 0 Å². The maximum atomic E-state index is 10.7. The molecular weight excluding hydrogens is 182 g/mol. The number of hydrogen-bond donors (Lipinski definition) is 1. The van der Waals surface area contributed by atoms with Crippen LogP contribution in [-0.4, -0.2) is 20.1 Å². The van der Waals surface area contributed by atoms with E-state index in [2.05, 4.69) is 5.32 Å². The van der Waals surface area contributed by atoms with Crippen LogP contribution in [-0.2, 0) is 4.79 Å². The lowest BCUT2D eigenvalue weighted by atomic mass is 10.3. The third kappa shape index (κ3) is 2.39. The molecule has 0 radical (unpaired) electrons. The van der Waals surface area contributed by atoms with E-state index in [4.69, 9.17) is 9.47 Å². The van der Waals surface area contributed by atoms with Gasteiger partial charge in [-0.25, -0.2) is 0 Å². The zero-order chi connectivity index (χ0) is 10.6. The first-order valence-electron chi connectivity index (χ1n) is 4.21. The van der Waals surface area contributed by atoms with Gasteiger partial charge in [0.2, 0.25) is 0 Å². The molecule has 0 aliphatic rings. The Kier molecular flexibility index (Phi) is 3.34. The Balaban J connectivity index is 2.98. The number of methoxy groups -OCH3 is 1. The van der Waals surface area contributed by atoms with Crippen molar-refractivity contribution in [2.24, 2.45) is 0 Å². The van der Waals surface area contributed by atoms with Crippen molar-refractivity contribution in [3.63, 3.8) is 0 Å². The summed E-state index contributed by atoms with van der Waals surface area (Å²) < 4.78 is 10.0. The highest BCUT2D eigenvalue weighted by atomic mass is 16.6. The van der Waals surface area contributed by atoms with Gasteiger partial charge in [0, 0.05) is 25.7 Å². The minimum Gasteiger partial charge on any atom is -0.493 e. The van der Waals surface area contributed by atoms with Crippen LogP contribution >= 0.6 is 0 Å². The molecule has 0 amide bonds. The molecule has 76 valence electrons. The number of esters is 1. The van der Waals surface area contributed by atoms with E-state index in [0.29, 0.717) is 11.5 Å². The standard InChI is InChI=1S/C10H13NO3/c1-7(12)14-9-5-4-8(11-2)6-10(9)13-3/h4-6,11H,1-3H3. The number of benzene rings is 1. The number of carbonyl (C=O) groups is 1. The van der Waals surface area contributed by atoms with E-state index in [0.717, 1.165) is 5.69 Å². The topological polar surface area (TPSA) is 47.6 Å². The molecule has 0 bridgehead atoms. The summed E-state index contributed by atoms with van der Waals surface area (Å²) in [5.41, 5.74) is 0.901. The highest BCUT2D eigenvalue weighted by Gasteiger charge is 2.06. The summed E-state index contributed by atoms with van der Waals surface area (Å²) in [4.78, 5) is 10.7. The van der Waals surface area contributed by atoms with Crippen molar-refractivity contribution in [3.8, 4) is 11.5 Å². The van der Waals surface area contributed by atoms with Gasteiger partial charge in [-0.2, -0.15) is 0 Å². The second kappa shape index (κ2) is 4.50. The van der Waals surface area contributed by atoms with E-state index in [9.17, 15) is 4.79 Å². The Labute approximate surface area is 82.8 Å². The van der Waals surface area contributed by atoms with Gasteiger partial charge in [-0.3, -0.25) is 4.79 Å².